The molecular weight excluding hydrogens is 408 g/mol. The molecule has 0 saturated heterocycles. The number of thioether (sulfide) groups is 1. The predicted molar refractivity (Wildman–Crippen MR) is 123 cm³/mol. The van der Waals surface area contributed by atoms with Gasteiger partial charge in [0.15, 0.2) is 5.69 Å². The summed E-state index contributed by atoms with van der Waals surface area (Å²) in [6.07, 6.45) is 0.422. The van der Waals surface area contributed by atoms with Crippen LogP contribution in [0, 0.1) is 12.8 Å². The van der Waals surface area contributed by atoms with Crippen molar-refractivity contribution in [3.05, 3.63) is 59.7 Å². The predicted octanol–water partition coefficient (Wildman–Crippen LogP) is 5.43. The van der Waals surface area contributed by atoms with Gasteiger partial charge in [0.25, 0.3) is 0 Å². The Kier molecular flexibility index (Phi) is 6.23. The van der Waals surface area contributed by atoms with Gasteiger partial charge in [-0.15, -0.1) is 10.2 Å². The van der Waals surface area contributed by atoms with Crippen LogP contribution in [-0.4, -0.2) is 26.8 Å². The smallest absolute Gasteiger partial charge is 0.247 e. The van der Waals surface area contributed by atoms with E-state index in [1.807, 2.05) is 55.5 Å². The minimum atomic E-state index is -0.647. The average Bonchev–Trinajstić information content (AvgIpc) is 2.88. The monoisotopic (exact) mass is 434 g/mol. The van der Waals surface area contributed by atoms with Gasteiger partial charge in [0, 0.05) is 23.8 Å². The first-order valence-electron chi connectivity index (χ1n) is 10.4. The van der Waals surface area contributed by atoms with E-state index < -0.39 is 6.23 Å². The summed E-state index contributed by atoms with van der Waals surface area (Å²) in [5, 5.41) is 9.41. The van der Waals surface area contributed by atoms with Crippen LogP contribution in [0.3, 0.4) is 0 Å². The van der Waals surface area contributed by atoms with Crippen molar-refractivity contribution in [1.29, 1.82) is 0 Å². The Morgan fingerprint density at radius 3 is 2.65 bits per heavy atom. The number of ether oxygens (including phenoxy) is 1. The van der Waals surface area contributed by atoms with Crippen molar-refractivity contribution in [2.75, 3.05) is 10.7 Å². The van der Waals surface area contributed by atoms with E-state index in [1.165, 1.54) is 0 Å². The van der Waals surface area contributed by atoms with E-state index in [1.54, 1.807) is 23.6 Å². The van der Waals surface area contributed by atoms with E-state index in [2.05, 4.69) is 24.0 Å². The zero-order valence-corrected chi connectivity index (χ0v) is 19.0. The highest BCUT2D eigenvalue weighted by molar-refractivity contribution is 7.99. The van der Waals surface area contributed by atoms with Crippen molar-refractivity contribution in [2.24, 2.45) is 5.92 Å². The highest BCUT2D eigenvalue weighted by atomic mass is 32.2. The molecule has 1 aliphatic heterocycles. The van der Waals surface area contributed by atoms with Crippen LogP contribution in [0.1, 0.15) is 44.5 Å². The summed E-state index contributed by atoms with van der Waals surface area (Å²) in [7, 11) is 0. The zero-order chi connectivity index (χ0) is 22.0. The molecule has 7 heteroatoms. The van der Waals surface area contributed by atoms with E-state index in [-0.39, 0.29) is 5.91 Å². The normalized spacial score (nSPS) is 15.1. The lowest BCUT2D eigenvalue weighted by Gasteiger charge is -2.30. The molecule has 3 aromatic rings. The maximum atomic E-state index is 12.8. The topological polar surface area (TPSA) is 68.2 Å². The third-order valence-electron chi connectivity index (χ3n) is 5.11. The second kappa shape index (κ2) is 9.06. The van der Waals surface area contributed by atoms with E-state index in [0.29, 0.717) is 22.6 Å². The summed E-state index contributed by atoms with van der Waals surface area (Å²) < 4.78 is 6.39. The second-order valence-electron chi connectivity index (χ2n) is 8.07. The average molecular weight is 435 g/mol. The third kappa shape index (κ3) is 4.56. The molecule has 0 unspecified atom stereocenters. The minimum absolute atomic E-state index is 0.119. The molecule has 31 heavy (non-hydrogen) atoms. The van der Waals surface area contributed by atoms with Crippen molar-refractivity contribution in [3.8, 4) is 17.1 Å². The Bertz CT molecular complexity index is 1090. The number of hydrogen-bond acceptors (Lipinski definition) is 6. The number of amides is 1. The van der Waals surface area contributed by atoms with Crippen LogP contribution in [0.5, 0.6) is 5.88 Å². The van der Waals surface area contributed by atoms with Crippen molar-refractivity contribution >= 4 is 23.4 Å². The number of fused-ring (bicyclic) bond motifs is 3. The summed E-state index contributed by atoms with van der Waals surface area (Å²) in [4.78, 5) is 19.2. The van der Waals surface area contributed by atoms with Gasteiger partial charge in [0.1, 0.15) is 0 Å². The Balaban J connectivity index is 1.84. The minimum Gasteiger partial charge on any atom is -0.447 e. The maximum Gasteiger partial charge on any atom is 0.247 e. The molecule has 0 fully saturated rings. The largest absolute Gasteiger partial charge is 0.447 e. The number of rotatable bonds is 5. The Hall–Kier alpha value is -2.93. The highest BCUT2D eigenvalue weighted by Gasteiger charge is 2.34. The molecule has 1 amide bonds. The van der Waals surface area contributed by atoms with Gasteiger partial charge in [0.05, 0.1) is 5.69 Å². The van der Waals surface area contributed by atoms with Crippen LogP contribution in [0.2, 0.25) is 0 Å². The molecule has 0 radical (unpaired) electrons. The molecule has 1 aromatic heterocycles. The molecule has 1 atom stereocenters. The zero-order valence-electron chi connectivity index (χ0n) is 18.2. The summed E-state index contributed by atoms with van der Waals surface area (Å²) in [5.41, 5.74) is 4.01. The highest BCUT2D eigenvalue weighted by Crippen LogP contribution is 2.43. The first-order chi connectivity index (χ1) is 14.9. The van der Waals surface area contributed by atoms with Gasteiger partial charge in [-0.1, -0.05) is 67.6 Å². The molecule has 6 nitrogen and oxygen atoms in total. The summed E-state index contributed by atoms with van der Waals surface area (Å²) in [6, 6.07) is 15.6. The third-order valence-corrected chi connectivity index (χ3v) is 5.98. The first kappa shape index (κ1) is 21.3. The summed E-state index contributed by atoms with van der Waals surface area (Å²) >= 11 is 1.57. The van der Waals surface area contributed by atoms with E-state index in [4.69, 9.17) is 9.72 Å². The quantitative estimate of drug-likeness (QED) is 0.499. The van der Waals surface area contributed by atoms with Crippen LogP contribution in [-0.2, 0) is 4.79 Å². The van der Waals surface area contributed by atoms with Crippen molar-refractivity contribution in [1.82, 2.24) is 15.2 Å². The lowest BCUT2D eigenvalue weighted by atomic mass is 10.0. The molecule has 0 spiro atoms. The SMILES string of the molecule is CC(=O)N1c2ccc(C)cc2-c2nnc(SCCC(C)C)nc2O[C@@H]1c1ccccc1. The molecule has 2 heterocycles. The molecule has 0 aliphatic carbocycles. The summed E-state index contributed by atoms with van der Waals surface area (Å²) in [6.45, 7) is 7.94. The van der Waals surface area contributed by atoms with Crippen LogP contribution in [0.15, 0.2) is 53.7 Å². The number of aryl methyl sites for hydroxylation is 1. The number of hydrogen-bond donors (Lipinski definition) is 0. The molecule has 0 N–H and O–H groups in total. The molecule has 2 aromatic carbocycles. The second-order valence-corrected chi connectivity index (χ2v) is 9.13. The first-order valence-corrected chi connectivity index (χ1v) is 11.4. The Morgan fingerprint density at radius 1 is 1.16 bits per heavy atom. The molecule has 160 valence electrons. The van der Waals surface area contributed by atoms with Crippen LogP contribution in [0.25, 0.3) is 11.3 Å². The van der Waals surface area contributed by atoms with Gasteiger partial charge in [-0.2, -0.15) is 4.98 Å². The van der Waals surface area contributed by atoms with Gasteiger partial charge >= 0.3 is 0 Å². The number of nitrogens with zero attached hydrogens (tertiary/aromatic N) is 4. The molecule has 1 aliphatic rings. The van der Waals surface area contributed by atoms with Gasteiger partial charge < -0.3 is 4.74 Å². The number of anilines is 1. The van der Waals surface area contributed by atoms with Gasteiger partial charge in [-0.25, -0.2) is 0 Å². The maximum absolute atomic E-state index is 12.8. The molecule has 0 bridgehead atoms. The van der Waals surface area contributed by atoms with Crippen molar-refractivity contribution < 1.29 is 9.53 Å². The Labute approximate surface area is 187 Å². The van der Waals surface area contributed by atoms with Gasteiger partial charge in [-0.3, -0.25) is 9.69 Å². The number of carbonyl (C=O) groups excluding carboxylic acids is 1. The van der Waals surface area contributed by atoms with Crippen LogP contribution < -0.4 is 9.64 Å². The fraction of sp³-hybridized carbons (Fsp3) is 0.333. The van der Waals surface area contributed by atoms with Gasteiger partial charge in [0.2, 0.25) is 23.2 Å². The molecular formula is C24H26N4O2S. The van der Waals surface area contributed by atoms with Crippen LogP contribution >= 0.6 is 11.8 Å². The van der Waals surface area contributed by atoms with Crippen molar-refractivity contribution in [2.45, 2.75) is 45.5 Å². The van der Waals surface area contributed by atoms with Crippen molar-refractivity contribution in [3.63, 3.8) is 0 Å². The van der Waals surface area contributed by atoms with E-state index >= 15 is 0 Å². The van der Waals surface area contributed by atoms with E-state index in [0.717, 1.165) is 34.6 Å². The number of carbonyl (C=O) groups is 1. The lowest BCUT2D eigenvalue weighted by molar-refractivity contribution is -0.118. The molecule has 4 rings (SSSR count). The summed E-state index contributed by atoms with van der Waals surface area (Å²) in [5.74, 6) is 1.80. The van der Waals surface area contributed by atoms with Gasteiger partial charge in [-0.05, 0) is 31.4 Å². The lowest BCUT2D eigenvalue weighted by Crippen LogP contribution is -2.36. The number of benzene rings is 2. The fourth-order valence-electron chi connectivity index (χ4n) is 3.50. The molecule has 0 saturated carbocycles. The van der Waals surface area contributed by atoms with E-state index in [9.17, 15) is 4.79 Å². The Morgan fingerprint density at radius 2 is 1.94 bits per heavy atom. The van der Waals surface area contributed by atoms with Crippen LogP contribution in [0.4, 0.5) is 5.69 Å². The number of aromatic nitrogens is 3. The fourth-order valence-corrected chi connectivity index (χ4v) is 4.52. The standard InChI is InChI=1S/C24H26N4O2S/c1-15(2)12-13-31-24-25-22-21(26-27-24)19-14-16(3)10-11-20(19)28(17(4)29)23(30-22)18-8-6-5-7-9-18/h5-11,14-15,23H,12-13H2,1-4H3/t23-/m1/s1.